The van der Waals surface area contributed by atoms with Crippen LogP contribution in [0.4, 0.5) is 11.4 Å². The molecule has 0 saturated carbocycles. The molecule has 0 spiro atoms. The summed E-state index contributed by atoms with van der Waals surface area (Å²) in [6.07, 6.45) is 7.12. The van der Waals surface area contributed by atoms with Crippen LogP contribution in [0.1, 0.15) is 49.9 Å². The molecule has 0 radical (unpaired) electrons. The number of unbranched alkanes of at least 4 members (excludes halogenated alkanes) is 2. The van der Waals surface area contributed by atoms with Crippen molar-refractivity contribution in [3.8, 4) is 0 Å². The lowest BCUT2D eigenvalue weighted by molar-refractivity contribution is -0.143. The lowest BCUT2D eigenvalue weighted by atomic mass is 9.80. The first kappa shape index (κ1) is 35.9. The highest BCUT2D eigenvalue weighted by Gasteiger charge is 2.23. The number of carboxylic acid groups (broad SMARTS) is 1. The normalized spacial score (nSPS) is 11.0. The third kappa shape index (κ3) is 11.1. The van der Waals surface area contributed by atoms with E-state index < -0.39 is 26.1 Å². The molecule has 4 aromatic rings. The number of aromatic nitrogens is 6. The summed E-state index contributed by atoms with van der Waals surface area (Å²) in [5, 5.41) is 68.7. The summed E-state index contributed by atoms with van der Waals surface area (Å²) in [7, 11) is -3.25. The van der Waals surface area contributed by atoms with E-state index in [4.69, 9.17) is 0 Å². The van der Waals surface area contributed by atoms with Crippen LogP contribution in [0, 0.1) is 5.92 Å². The summed E-state index contributed by atoms with van der Waals surface area (Å²) < 4.78 is 3.10. The average molecular weight is 660 g/mol. The second-order valence-electron chi connectivity index (χ2n) is 11.4. The molecule has 4 rings (SSSR count). The van der Waals surface area contributed by atoms with Crippen LogP contribution in [0.25, 0.3) is 0 Å². The van der Waals surface area contributed by atoms with Crippen molar-refractivity contribution < 1.29 is 39.6 Å². The Morgan fingerprint density at radius 3 is 1.52 bits per heavy atom. The first-order valence-electron chi connectivity index (χ1n) is 15.6. The van der Waals surface area contributed by atoms with E-state index in [0.29, 0.717) is 49.9 Å². The minimum atomic E-state index is -1.63. The van der Waals surface area contributed by atoms with Crippen LogP contribution in [0.15, 0.2) is 60.9 Å². The van der Waals surface area contributed by atoms with Crippen LogP contribution in [0.2, 0.25) is 0 Å². The molecule has 252 valence electrons. The molecule has 2 aromatic carbocycles. The number of aryl methyl sites for hydroxylation is 2. The van der Waals surface area contributed by atoms with Crippen LogP contribution in [0.5, 0.6) is 0 Å². The van der Waals surface area contributed by atoms with Crippen molar-refractivity contribution in [3.63, 3.8) is 0 Å². The zero-order valence-corrected chi connectivity index (χ0v) is 26.2. The molecule has 16 nitrogen and oxygen atoms in total. The minimum Gasteiger partial charge on any atom is -0.481 e. The number of rotatable bonds is 19. The molecule has 48 heavy (non-hydrogen) atoms. The molecule has 0 unspecified atom stereocenters. The maximum Gasteiger partial charge on any atom is 0.488 e. The van der Waals surface area contributed by atoms with Crippen LogP contribution in [-0.2, 0) is 40.3 Å². The van der Waals surface area contributed by atoms with Crippen LogP contribution >= 0.6 is 0 Å². The fraction of sp³-hybridized carbons (Fsp3) is 0.367. The summed E-state index contributed by atoms with van der Waals surface area (Å²) in [5.41, 5.74) is 2.96. The largest absolute Gasteiger partial charge is 0.488 e. The maximum atomic E-state index is 12.4. The summed E-state index contributed by atoms with van der Waals surface area (Å²) in [6, 6.07) is 12.6. The minimum absolute atomic E-state index is 0.0617. The lowest BCUT2D eigenvalue weighted by Crippen LogP contribution is -2.30. The first-order valence-corrected chi connectivity index (χ1v) is 15.6. The molecule has 18 heteroatoms. The molecule has 2 amide bonds. The van der Waals surface area contributed by atoms with Crippen LogP contribution in [-0.4, -0.2) is 87.2 Å². The maximum absolute atomic E-state index is 12.4. The number of benzene rings is 2. The number of carbonyl (C=O) groups excluding carboxylic acids is 2. The molecule has 0 bridgehead atoms. The monoisotopic (exact) mass is 660 g/mol. The van der Waals surface area contributed by atoms with Crippen molar-refractivity contribution in [1.82, 2.24) is 30.0 Å². The van der Waals surface area contributed by atoms with Gasteiger partial charge < -0.3 is 35.8 Å². The molecule has 2 heterocycles. The van der Waals surface area contributed by atoms with E-state index in [-0.39, 0.29) is 48.7 Å². The summed E-state index contributed by atoms with van der Waals surface area (Å²) in [6.45, 7) is 0.123. The Balaban J connectivity index is 1.21. The van der Waals surface area contributed by atoms with Crippen molar-refractivity contribution in [3.05, 3.63) is 72.3 Å². The number of nitrogens with one attached hydrogen (secondary N) is 2. The lowest BCUT2D eigenvalue weighted by Gasteiger charge is -2.15. The molecule has 0 atom stereocenters. The molecular weight excluding hydrogens is 622 g/mol. The number of amides is 2. The van der Waals surface area contributed by atoms with Crippen molar-refractivity contribution in [1.29, 1.82) is 0 Å². The topological polar surface area (TPSA) is 238 Å². The molecule has 0 aliphatic heterocycles. The second kappa shape index (κ2) is 17.9. The molecular formula is C30H38B2N8O8. The highest BCUT2D eigenvalue weighted by Crippen LogP contribution is 2.14. The van der Waals surface area contributed by atoms with Crippen LogP contribution in [0.3, 0.4) is 0 Å². The van der Waals surface area contributed by atoms with E-state index in [1.165, 1.54) is 12.1 Å². The number of anilines is 2. The third-order valence-electron chi connectivity index (χ3n) is 7.64. The molecule has 0 aliphatic carbocycles. The highest BCUT2D eigenvalue weighted by atomic mass is 16.4. The van der Waals surface area contributed by atoms with Crippen molar-refractivity contribution in [2.24, 2.45) is 5.92 Å². The van der Waals surface area contributed by atoms with Gasteiger partial charge in [-0.1, -0.05) is 34.7 Å². The van der Waals surface area contributed by atoms with Gasteiger partial charge in [0.2, 0.25) is 11.8 Å². The highest BCUT2D eigenvalue weighted by molar-refractivity contribution is 6.59. The number of aliphatic carboxylic acids is 1. The Bertz CT molecular complexity index is 1550. The van der Waals surface area contributed by atoms with Gasteiger partial charge in [0.05, 0.1) is 42.8 Å². The number of carbonyl (C=O) groups is 3. The SMILES string of the molecule is O=C(CCCCc1cnnn1CC(Cn1nncc1CCCCC(=O)Nc1cccc(B(O)O)c1)C(=O)O)Nc1cccc(B(O)O)c1. The van der Waals surface area contributed by atoms with Gasteiger partial charge in [0.1, 0.15) is 0 Å². The molecule has 0 saturated heterocycles. The number of hydrogen-bond acceptors (Lipinski definition) is 11. The van der Waals surface area contributed by atoms with Crippen molar-refractivity contribution in [2.75, 3.05) is 10.6 Å². The average Bonchev–Trinajstić information content (AvgIpc) is 3.70. The molecule has 2 aromatic heterocycles. The van der Waals surface area contributed by atoms with Gasteiger partial charge in [0.15, 0.2) is 0 Å². The van der Waals surface area contributed by atoms with E-state index in [1.807, 2.05) is 0 Å². The fourth-order valence-corrected chi connectivity index (χ4v) is 5.07. The smallest absolute Gasteiger partial charge is 0.481 e. The predicted molar refractivity (Wildman–Crippen MR) is 176 cm³/mol. The van der Waals surface area contributed by atoms with E-state index in [9.17, 15) is 39.6 Å². The van der Waals surface area contributed by atoms with E-state index in [2.05, 4.69) is 31.3 Å². The Morgan fingerprint density at radius 2 is 1.12 bits per heavy atom. The quantitative estimate of drug-likeness (QED) is 0.0490. The predicted octanol–water partition coefficient (Wildman–Crippen LogP) is -0.667. The summed E-state index contributed by atoms with van der Waals surface area (Å²) >= 11 is 0. The Labute approximate surface area is 277 Å². The van der Waals surface area contributed by atoms with Crippen molar-refractivity contribution >= 4 is 54.3 Å². The standard InChI is InChI=1S/C30H38B2N8O8/c41-28(35-24-9-5-7-22(15-24)31(45)46)13-3-1-11-26-17-33-37-39(26)19-21(30(43)44)20-40-27(18-34-38-40)12-2-4-14-29(42)36-25-10-6-8-23(16-25)32(47)48/h5-10,15-18,21,45-48H,1-4,11-14,19-20H2,(H,35,41)(H,36,42)(H,43,44). The van der Waals surface area contributed by atoms with E-state index in [1.54, 1.807) is 58.2 Å². The van der Waals surface area contributed by atoms with Gasteiger partial charge in [-0.3, -0.25) is 14.4 Å². The van der Waals surface area contributed by atoms with E-state index in [0.717, 1.165) is 11.4 Å². The molecule has 0 fully saturated rings. The number of nitrogens with zero attached hydrogens (tertiary/aromatic N) is 6. The second-order valence-corrected chi connectivity index (χ2v) is 11.4. The summed E-state index contributed by atoms with van der Waals surface area (Å²) in [5.74, 6) is -2.32. The Morgan fingerprint density at radius 1 is 0.688 bits per heavy atom. The van der Waals surface area contributed by atoms with Crippen molar-refractivity contribution in [2.45, 2.75) is 64.5 Å². The fourth-order valence-electron chi connectivity index (χ4n) is 5.07. The zero-order chi connectivity index (χ0) is 34.5. The van der Waals surface area contributed by atoms with E-state index >= 15 is 0 Å². The third-order valence-corrected chi connectivity index (χ3v) is 7.64. The van der Waals surface area contributed by atoms with Gasteiger partial charge in [-0.05, 0) is 73.7 Å². The molecule has 0 aliphatic rings. The first-order chi connectivity index (χ1) is 23.1. The van der Waals surface area contributed by atoms with Gasteiger partial charge in [0.25, 0.3) is 0 Å². The van der Waals surface area contributed by atoms with Gasteiger partial charge in [-0.2, -0.15) is 0 Å². The zero-order valence-electron chi connectivity index (χ0n) is 26.2. The van der Waals surface area contributed by atoms with Crippen LogP contribution < -0.4 is 21.6 Å². The molecule has 7 N–H and O–H groups in total. The van der Waals surface area contributed by atoms with Gasteiger partial charge >= 0.3 is 20.2 Å². The Hall–Kier alpha value is -4.90. The number of hydrogen-bond donors (Lipinski definition) is 7. The van der Waals surface area contributed by atoms with Gasteiger partial charge in [-0.25, -0.2) is 9.36 Å². The number of carboxylic acids is 1. The summed E-state index contributed by atoms with van der Waals surface area (Å²) in [4.78, 5) is 36.9. The van der Waals surface area contributed by atoms with Gasteiger partial charge in [0, 0.05) is 24.2 Å². The Kier molecular flexibility index (Phi) is 13.4. The van der Waals surface area contributed by atoms with Gasteiger partial charge in [-0.15, -0.1) is 10.2 Å².